The molecule has 7 heteroatoms. The highest BCUT2D eigenvalue weighted by Gasteiger charge is 2.35. The van der Waals surface area contributed by atoms with Crippen molar-refractivity contribution in [1.82, 2.24) is 4.90 Å². The molecular weight excluding hydrogens is 314 g/mol. The number of thioether (sulfide) groups is 1. The van der Waals surface area contributed by atoms with Crippen molar-refractivity contribution < 1.29 is 19.4 Å². The lowest BCUT2D eigenvalue weighted by molar-refractivity contribution is -0.123. The molecule has 21 heavy (non-hydrogen) atoms. The minimum absolute atomic E-state index is 0.0285. The molecule has 0 saturated carbocycles. The van der Waals surface area contributed by atoms with Crippen molar-refractivity contribution in [2.75, 3.05) is 19.5 Å². The Labute approximate surface area is 131 Å². The van der Waals surface area contributed by atoms with E-state index in [1.54, 1.807) is 37.5 Å². The highest BCUT2D eigenvalue weighted by molar-refractivity contribution is 8.18. The molecule has 112 valence electrons. The van der Waals surface area contributed by atoms with E-state index >= 15 is 0 Å². The second-order valence-electron chi connectivity index (χ2n) is 4.37. The number of hydrogen-bond donors (Lipinski definition) is 1. The Balaban J connectivity index is 2.15. The van der Waals surface area contributed by atoms with Crippen LogP contribution in [-0.2, 0) is 4.79 Å². The molecule has 1 aromatic carbocycles. The van der Waals surface area contributed by atoms with E-state index in [9.17, 15) is 14.7 Å². The lowest BCUT2D eigenvalue weighted by Crippen LogP contribution is -2.36. The number of aliphatic hydroxyl groups is 1. The Bertz CT molecular complexity index is 573. The van der Waals surface area contributed by atoms with Crippen LogP contribution in [-0.4, -0.2) is 46.8 Å². The fourth-order valence-corrected chi connectivity index (χ4v) is 2.71. The highest BCUT2D eigenvalue weighted by atomic mass is 35.5. The first-order valence-electron chi connectivity index (χ1n) is 6.18. The molecule has 0 bridgehead atoms. The lowest BCUT2D eigenvalue weighted by Gasteiger charge is -2.15. The van der Waals surface area contributed by atoms with Crippen molar-refractivity contribution in [3.8, 4) is 5.75 Å². The third-order valence-electron chi connectivity index (χ3n) is 2.86. The number of β-amino-alcohol motifs (C(OH)–C–C–N with tert-alkyl or cyclic N) is 1. The highest BCUT2D eigenvalue weighted by Crippen LogP contribution is 2.32. The summed E-state index contributed by atoms with van der Waals surface area (Å²) in [5.74, 6) is 0.273. The standard InChI is InChI=1S/C14H14ClNO4S/c1-20-11-4-2-9(3-5-11)6-12-13(18)16(14(19)21-12)8-10(17)7-15/h2-6,10,17H,7-8H2,1H3. The van der Waals surface area contributed by atoms with Crippen LogP contribution in [0.3, 0.4) is 0 Å². The quantitative estimate of drug-likeness (QED) is 0.664. The van der Waals surface area contributed by atoms with Crippen molar-refractivity contribution in [2.45, 2.75) is 6.10 Å². The van der Waals surface area contributed by atoms with Gasteiger partial charge in [-0.25, -0.2) is 0 Å². The molecule has 2 amide bonds. The Kier molecular flexibility index (Phi) is 5.27. The number of carbonyl (C=O) groups is 2. The first-order chi connectivity index (χ1) is 10.0. The number of amides is 2. The van der Waals surface area contributed by atoms with Gasteiger partial charge >= 0.3 is 0 Å². The number of alkyl halides is 1. The second kappa shape index (κ2) is 6.98. The number of rotatable bonds is 5. The predicted octanol–water partition coefficient (Wildman–Crippen LogP) is 2.33. The summed E-state index contributed by atoms with van der Waals surface area (Å²) >= 11 is 6.34. The second-order valence-corrected chi connectivity index (χ2v) is 5.68. The predicted molar refractivity (Wildman–Crippen MR) is 82.4 cm³/mol. The van der Waals surface area contributed by atoms with Crippen LogP contribution in [0.2, 0.25) is 0 Å². The topological polar surface area (TPSA) is 66.8 Å². The molecule has 1 unspecified atom stereocenters. The number of ether oxygens (including phenoxy) is 1. The summed E-state index contributed by atoms with van der Waals surface area (Å²) in [4.78, 5) is 25.3. The summed E-state index contributed by atoms with van der Waals surface area (Å²) < 4.78 is 5.06. The van der Waals surface area contributed by atoms with E-state index in [-0.39, 0.29) is 12.4 Å². The number of carbonyl (C=O) groups excluding carboxylic acids is 2. The smallest absolute Gasteiger partial charge is 0.293 e. The molecule has 1 aromatic rings. The van der Waals surface area contributed by atoms with Gasteiger partial charge in [0.1, 0.15) is 5.75 Å². The molecule has 1 saturated heterocycles. The summed E-state index contributed by atoms with van der Waals surface area (Å²) in [6, 6.07) is 7.13. The van der Waals surface area contributed by atoms with E-state index in [4.69, 9.17) is 16.3 Å². The molecule has 1 atom stereocenters. The number of benzene rings is 1. The van der Waals surface area contributed by atoms with Gasteiger partial charge in [0, 0.05) is 0 Å². The fourth-order valence-electron chi connectivity index (χ4n) is 1.77. The van der Waals surface area contributed by atoms with E-state index < -0.39 is 17.3 Å². The maximum atomic E-state index is 12.1. The van der Waals surface area contributed by atoms with Crippen molar-refractivity contribution in [2.24, 2.45) is 0 Å². The minimum Gasteiger partial charge on any atom is -0.497 e. The molecular formula is C14H14ClNO4S. The van der Waals surface area contributed by atoms with Crippen molar-refractivity contribution in [3.05, 3.63) is 34.7 Å². The monoisotopic (exact) mass is 327 g/mol. The minimum atomic E-state index is -0.916. The Morgan fingerprint density at radius 1 is 1.38 bits per heavy atom. The van der Waals surface area contributed by atoms with Crippen LogP contribution < -0.4 is 4.74 Å². The Morgan fingerprint density at radius 3 is 2.62 bits per heavy atom. The van der Waals surface area contributed by atoms with Crippen LogP contribution >= 0.6 is 23.4 Å². The van der Waals surface area contributed by atoms with E-state index in [0.717, 1.165) is 22.2 Å². The summed E-state index contributed by atoms with van der Waals surface area (Å²) in [6.07, 6.45) is 0.720. The maximum absolute atomic E-state index is 12.1. The van der Waals surface area contributed by atoms with Crippen LogP contribution in [0.5, 0.6) is 5.75 Å². The van der Waals surface area contributed by atoms with Gasteiger partial charge in [0.2, 0.25) is 0 Å². The van der Waals surface area contributed by atoms with Crippen LogP contribution in [0.1, 0.15) is 5.56 Å². The van der Waals surface area contributed by atoms with Gasteiger partial charge in [-0.05, 0) is 35.5 Å². The average Bonchev–Trinajstić information content (AvgIpc) is 2.75. The van der Waals surface area contributed by atoms with Gasteiger partial charge in [-0.15, -0.1) is 11.6 Å². The lowest BCUT2D eigenvalue weighted by atomic mass is 10.2. The molecule has 0 radical (unpaired) electrons. The molecule has 0 aromatic heterocycles. The van der Waals surface area contributed by atoms with E-state index in [1.807, 2.05) is 0 Å². The Hall–Kier alpha value is -1.50. The molecule has 1 aliphatic rings. The van der Waals surface area contributed by atoms with Gasteiger partial charge in [-0.1, -0.05) is 12.1 Å². The van der Waals surface area contributed by atoms with Gasteiger partial charge in [-0.2, -0.15) is 0 Å². The van der Waals surface area contributed by atoms with E-state index in [0.29, 0.717) is 10.7 Å². The molecule has 1 heterocycles. The van der Waals surface area contributed by atoms with Crippen LogP contribution in [0, 0.1) is 0 Å². The third kappa shape index (κ3) is 3.78. The van der Waals surface area contributed by atoms with E-state index in [2.05, 4.69) is 0 Å². The number of imide groups is 1. The molecule has 1 N–H and O–H groups in total. The molecule has 1 fully saturated rings. The van der Waals surface area contributed by atoms with E-state index in [1.165, 1.54) is 0 Å². The molecule has 2 rings (SSSR count). The summed E-state index contributed by atoms with van der Waals surface area (Å²) in [7, 11) is 1.57. The molecule has 0 aliphatic carbocycles. The summed E-state index contributed by atoms with van der Waals surface area (Å²) in [5, 5.41) is 9.07. The molecule has 1 aliphatic heterocycles. The largest absolute Gasteiger partial charge is 0.497 e. The summed E-state index contributed by atoms with van der Waals surface area (Å²) in [5.41, 5.74) is 0.791. The van der Waals surface area contributed by atoms with Crippen molar-refractivity contribution in [1.29, 1.82) is 0 Å². The van der Waals surface area contributed by atoms with Gasteiger partial charge in [0.25, 0.3) is 11.1 Å². The SMILES string of the molecule is COc1ccc(C=C2SC(=O)N(CC(O)CCl)C2=O)cc1. The van der Waals surface area contributed by atoms with Gasteiger partial charge in [-0.3, -0.25) is 14.5 Å². The van der Waals surface area contributed by atoms with Crippen molar-refractivity contribution >= 4 is 40.6 Å². The van der Waals surface area contributed by atoms with Crippen LogP contribution in [0.25, 0.3) is 6.08 Å². The molecule has 5 nitrogen and oxygen atoms in total. The van der Waals surface area contributed by atoms with Gasteiger partial charge < -0.3 is 9.84 Å². The average molecular weight is 328 g/mol. The van der Waals surface area contributed by atoms with Crippen LogP contribution in [0.4, 0.5) is 4.79 Å². The van der Waals surface area contributed by atoms with Crippen molar-refractivity contribution in [3.63, 3.8) is 0 Å². The number of methoxy groups -OCH3 is 1. The summed E-state index contributed by atoms with van der Waals surface area (Å²) in [6.45, 7) is -0.0892. The zero-order chi connectivity index (χ0) is 15.4. The van der Waals surface area contributed by atoms with Crippen LogP contribution in [0.15, 0.2) is 29.2 Å². The normalized spacial score (nSPS) is 18.4. The number of nitrogens with zero attached hydrogens (tertiary/aromatic N) is 1. The van der Waals surface area contributed by atoms with Gasteiger partial charge in [0.05, 0.1) is 30.5 Å². The number of aliphatic hydroxyl groups excluding tert-OH is 1. The first-order valence-corrected chi connectivity index (χ1v) is 7.53. The fraction of sp³-hybridized carbons (Fsp3) is 0.286. The Morgan fingerprint density at radius 2 is 2.05 bits per heavy atom. The van der Waals surface area contributed by atoms with Gasteiger partial charge in [0.15, 0.2) is 0 Å². The number of hydrogen-bond acceptors (Lipinski definition) is 5. The number of halogens is 1. The molecule has 0 spiro atoms. The maximum Gasteiger partial charge on any atom is 0.293 e. The first kappa shape index (κ1) is 15.9. The zero-order valence-electron chi connectivity index (χ0n) is 11.3. The third-order valence-corrected chi connectivity index (χ3v) is 4.12. The zero-order valence-corrected chi connectivity index (χ0v) is 12.9.